The minimum absolute atomic E-state index is 0.0472. The summed E-state index contributed by atoms with van der Waals surface area (Å²) in [5.74, 6) is 1.03. The molecule has 23 heavy (non-hydrogen) atoms. The maximum Gasteiger partial charge on any atom is 0.219 e. The van der Waals surface area contributed by atoms with Crippen molar-refractivity contribution in [2.24, 2.45) is 5.92 Å². The smallest absolute Gasteiger partial charge is 0.219 e. The Labute approximate surface area is 144 Å². The molecule has 1 N–H and O–H groups in total. The highest BCUT2D eigenvalue weighted by atomic mass is 32.2. The van der Waals surface area contributed by atoms with Gasteiger partial charge in [0.15, 0.2) is 0 Å². The van der Waals surface area contributed by atoms with Crippen LogP contribution >= 0.6 is 11.8 Å². The SMILES string of the molecule is O=C1SCC(O)=C1CCC(=O)C1CCCCCCCCCCC1. The Morgan fingerprint density at radius 2 is 1.48 bits per heavy atom. The van der Waals surface area contributed by atoms with Crippen LogP contribution < -0.4 is 0 Å². The van der Waals surface area contributed by atoms with Crippen molar-refractivity contribution in [2.45, 2.75) is 83.5 Å². The molecule has 130 valence electrons. The molecule has 2 rings (SSSR count). The second kappa shape index (κ2) is 10.2. The van der Waals surface area contributed by atoms with Crippen molar-refractivity contribution >= 4 is 22.7 Å². The molecule has 0 saturated heterocycles. The lowest BCUT2D eigenvalue weighted by Crippen LogP contribution is -2.15. The number of thioether (sulfide) groups is 1. The Morgan fingerprint density at radius 3 is 1.96 bits per heavy atom. The van der Waals surface area contributed by atoms with Gasteiger partial charge in [0.05, 0.1) is 5.75 Å². The third-order valence-electron chi connectivity index (χ3n) is 5.12. The van der Waals surface area contributed by atoms with E-state index in [1.165, 1.54) is 44.9 Å². The van der Waals surface area contributed by atoms with Gasteiger partial charge in [-0.1, -0.05) is 69.5 Å². The molecule has 3 nitrogen and oxygen atoms in total. The van der Waals surface area contributed by atoms with Crippen LogP contribution in [0.2, 0.25) is 0 Å². The first kappa shape index (κ1) is 18.6. The van der Waals surface area contributed by atoms with Crippen LogP contribution in [0, 0.1) is 5.92 Å². The fraction of sp³-hybridized carbons (Fsp3) is 0.789. The van der Waals surface area contributed by atoms with Crippen LogP contribution in [0.15, 0.2) is 11.3 Å². The standard InChI is InChI=1S/C19H30O3S/c20-17(13-12-16-18(21)14-23-19(16)22)15-10-8-6-4-2-1-3-5-7-9-11-15/h15,21H,1-14H2. The number of hydrogen-bond donors (Lipinski definition) is 1. The second-order valence-electron chi connectivity index (χ2n) is 6.92. The van der Waals surface area contributed by atoms with Gasteiger partial charge in [0.2, 0.25) is 5.12 Å². The van der Waals surface area contributed by atoms with Gasteiger partial charge < -0.3 is 5.11 Å². The molecule has 0 amide bonds. The maximum atomic E-state index is 12.6. The molecule has 0 aromatic heterocycles. The topological polar surface area (TPSA) is 54.4 Å². The molecule has 1 saturated carbocycles. The highest BCUT2D eigenvalue weighted by Crippen LogP contribution is 2.29. The predicted octanol–water partition coefficient (Wildman–Crippen LogP) is 5.34. The van der Waals surface area contributed by atoms with E-state index in [4.69, 9.17) is 0 Å². The van der Waals surface area contributed by atoms with Crippen molar-refractivity contribution in [1.82, 2.24) is 0 Å². The van der Waals surface area contributed by atoms with E-state index in [2.05, 4.69) is 0 Å². The second-order valence-corrected chi connectivity index (χ2v) is 7.87. The molecule has 0 unspecified atom stereocenters. The van der Waals surface area contributed by atoms with Crippen molar-refractivity contribution in [1.29, 1.82) is 0 Å². The summed E-state index contributed by atoms with van der Waals surface area (Å²) in [6, 6.07) is 0. The Morgan fingerprint density at radius 1 is 0.957 bits per heavy atom. The van der Waals surface area contributed by atoms with Gasteiger partial charge in [-0.05, 0) is 19.3 Å². The summed E-state index contributed by atoms with van der Waals surface area (Å²) in [5, 5.41) is 9.67. The number of ketones is 1. The summed E-state index contributed by atoms with van der Waals surface area (Å²) in [4.78, 5) is 24.2. The predicted molar refractivity (Wildman–Crippen MR) is 95.6 cm³/mol. The average Bonchev–Trinajstić information content (AvgIpc) is 2.84. The van der Waals surface area contributed by atoms with Crippen LogP contribution in [0.4, 0.5) is 0 Å². The van der Waals surface area contributed by atoms with Crippen LogP contribution in [-0.4, -0.2) is 21.8 Å². The Bertz CT molecular complexity index is 430. The number of carbonyl (C=O) groups excluding carboxylic acids is 2. The van der Waals surface area contributed by atoms with Gasteiger partial charge in [-0.2, -0.15) is 0 Å². The van der Waals surface area contributed by atoms with E-state index in [-0.39, 0.29) is 16.8 Å². The molecule has 0 aromatic carbocycles. The minimum atomic E-state index is -0.0472. The van der Waals surface area contributed by atoms with Gasteiger partial charge in [0.25, 0.3) is 0 Å². The number of carbonyl (C=O) groups is 2. The quantitative estimate of drug-likeness (QED) is 0.751. The van der Waals surface area contributed by atoms with Gasteiger partial charge in [0.1, 0.15) is 11.5 Å². The van der Waals surface area contributed by atoms with Crippen molar-refractivity contribution in [3.05, 3.63) is 11.3 Å². The largest absolute Gasteiger partial charge is 0.511 e. The van der Waals surface area contributed by atoms with Gasteiger partial charge in [-0.25, -0.2) is 0 Å². The molecule has 1 fully saturated rings. The van der Waals surface area contributed by atoms with Crippen molar-refractivity contribution in [2.75, 3.05) is 5.75 Å². The third-order valence-corrected chi connectivity index (χ3v) is 6.04. The fourth-order valence-electron chi connectivity index (χ4n) is 3.61. The van der Waals surface area contributed by atoms with E-state index in [1.54, 1.807) is 0 Å². The number of Topliss-reactive ketones (excluding diaryl/α,β-unsaturated/α-hetero) is 1. The zero-order valence-electron chi connectivity index (χ0n) is 14.1. The van der Waals surface area contributed by atoms with E-state index in [0.717, 1.165) is 37.4 Å². The summed E-state index contributed by atoms with van der Waals surface area (Å²) >= 11 is 1.14. The lowest BCUT2D eigenvalue weighted by atomic mass is 9.87. The number of hydrogen-bond acceptors (Lipinski definition) is 4. The fourth-order valence-corrected chi connectivity index (χ4v) is 4.45. The van der Waals surface area contributed by atoms with Crippen LogP contribution in [0.1, 0.15) is 83.5 Å². The summed E-state index contributed by atoms with van der Waals surface area (Å²) in [7, 11) is 0. The molecule has 0 aromatic rings. The van der Waals surface area contributed by atoms with E-state index in [1.807, 2.05) is 0 Å². The molecule has 1 heterocycles. The third kappa shape index (κ3) is 6.33. The summed E-state index contributed by atoms with van der Waals surface area (Å²) in [6.07, 6.45) is 14.3. The number of aliphatic hydroxyl groups excluding tert-OH is 1. The number of aliphatic hydroxyl groups is 1. The first-order valence-corrected chi connectivity index (χ1v) is 10.3. The van der Waals surface area contributed by atoms with E-state index >= 15 is 0 Å². The first-order valence-electron chi connectivity index (χ1n) is 9.29. The Hall–Kier alpha value is -0.770. The molecule has 1 aliphatic heterocycles. The van der Waals surface area contributed by atoms with Gasteiger partial charge in [-0.15, -0.1) is 0 Å². The molecule has 0 atom stereocenters. The summed E-state index contributed by atoms with van der Waals surface area (Å²) in [5.41, 5.74) is 0.483. The van der Waals surface area contributed by atoms with Crippen molar-refractivity contribution < 1.29 is 14.7 Å². The van der Waals surface area contributed by atoms with E-state index < -0.39 is 0 Å². The first-order chi connectivity index (χ1) is 11.2. The van der Waals surface area contributed by atoms with Gasteiger partial charge in [0, 0.05) is 17.9 Å². The molecule has 0 bridgehead atoms. The van der Waals surface area contributed by atoms with Crippen LogP contribution in [-0.2, 0) is 9.59 Å². The Kier molecular flexibility index (Phi) is 8.21. The Balaban J connectivity index is 1.81. The van der Waals surface area contributed by atoms with Crippen LogP contribution in [0.25, 0.3) is 0 Å². The monoisotopic (exact) mass is 338 g/mol. The molecular formula is C19H30O3S. The molecular weight excluding hydrogens is 308 g/mol. The average molecular weight is 339 g/mol. The van der Waals surface area contributed by atoms with Crippen LogP contribution in [0.5, 0.6) is 0 Å². The van der Waals surface area contributed by atoms with E-state index in [0.29, 0.717) is 30.0 Å². The molecule has 0 radical (unpaired) electrons. The highest BCUT2D eigenvalue weighted by Gasteiger charge is 2.25. The number of rotatable bonds is 4. The van der Waals surface area contributed by atoms with Crippen molar-refractivity contribution in [3.8, 4) is 0 Å². The minimum Gasteiger partial charge on any atom is -0.511 e. The normalized spacial score (nSPS) is 22.7. The van der Waals surface area contributed by atoms with Crippen LogP contribution in [0.3, 0.4) is 0 Å². The molecule has 1 aliphatic carbocycles. The zero-order valence-corrected chi connectivity index (χ0v) is 15.0. The lowest BCUT2D eigenvalue weighted by Gasteiger charge is -2.17. The summed E-state index contributed by atoms with van der Waals surface area (Å²) in [6.45, 7) is 0. The lowest BCUT2D eigenvalue weighted by molar-refractivity contribution is -0.123. The highest BCUT2D eigenvalue weighted by molar-refractivity contribution is 8.14. The molecule has 0 spiro atoms. The molecule has 2 aliphatic rings. The van der Waals surface area contributed by atoms with Gasteiger partial charge in [-0.3, -0.25) is 9.59 Å². The maximum absolute atomic E-state index is 12.6. The van der Waals surface area contributed by atoms with Gasteiger partial charge >= 0.3 is 0 Å². The summed E-state index contributed by atoms with van der Waals surface area (Å²) < 4.78 is 0. The zero-order chi connectivity index (χ0) is 16.5. The van der Waals surface area contributed by atoms with E-state index in [9.17, 15) is 14.7 Å². The molecule has 4 heteroatoms. The van der Waals surface area contributed by atoms with Crippen molar-refractivity contribution in [3.63, 3.8) is 0 Å².